The van der Waals surface area contributed by atoms with Gasteiger partial charge in [0.05, 0.1) is 10.4 Å². The summed E-state index contributed by atoms with van der Waals surface area (Å²) in [4.78, 5) is 0. The molecule has 0 saturated carbocycles. The summed E-state index contributed by atoms with van der Waals surface area (Å²) in [6.07, 6.45) is 0. The molecule has 12 heavy (non-hydrogen) atoms. The topological polar surface area (TPSA) is 12.9 Å². The summed E-state index contributed by atoms with van der Waals surface area (Å²) < 4.78 is 18.0. The molecule has 1 heterocycles. The van der Waals surface area contributed by atoms with Crippen molar-refractivity contribution >= 4 is 37.5 Å². The van der Waals surface area contributed by atoms with Crippen molar-refractivity contribution in [1.82, 2.24) is 4.37 Å². The van der Waals surface area contributed by atoms with Gasteiger partial charge in [-0.05, 0) is 29.7 Å². The molecule has 0 saturated heterocycles. The highest BCUT2D eigenvalue weighted by Gasteiger charge is 2.04. The lowest BCUT2D eigenvalue weighted by molar-refractivity contribution is 0.630. The molecule has 1 nitrogen and oxygen atoms in total. The van der Waals surface area contributed by atoms with Crippen molar-refractivity contribution in [2.45, 2.75) is 5.33 Å². The SMILES string of the molecule is Fc1ccc2snc(CBr)c2c1. The van der Waals surface area contributed by atoms with Gasteiger partial charge in [0, 0.05) is 10.7 Å². The molecule has 0 bridgehead atoms. The third kappa shape index (κ3) is 1.25. The first-order chi connectivity index (χ1) is 5.81. The molecule has 2 rings (SSSR count). The smallest absolute Gasteiger partial charge is 0.123 e. The Morgan fingerprint density at radius 3 is 3.08 bits per heavy atom. The maximum Gasteiger partial charge on any atom is 0.123 e. The van der Waals surface area contributed by atoms with Crippen molar-refractivity contribution in [3.05, 3.63) is 29.7 Å². The average molecular weight is 246 g/mol. The third-order valence-corrected chi connectivity index (χ3v) is 3.03. The number of alkyl halides is 1. The molecule has 0 aliphatic rings. The first-order valence-electron chi connectivity index (χ1n) is 3.41. The molecule has 0 fully saturated rings. The van der Waals surface area contributed by atoms with E-state index in [1.165, 1.54) is 23.7 Å². The van der Waals surface area contributed by atoms with E-state index >= 15 is 0 Å². The van der Waals surface area contributed by atoms with Gasteiger partial charge in [0.15, 0.2) is 0 Å². The standard InChI is InChI=1S/C8H5BrFNS/c9-4-7-6-3-5(10)1-2-8(6)12-11-7/h1-3H,4H2. The average Bonchev–Trinajstić information content (AvgIpc) is 2.46. The third-order valence-electron chi connectivity index (χ3n) is 1.63. The van der Waals surface area contributed by atoms with Gasteiger partial charge in [-0.1, -0.05) is 15.9 Å². The minimum Gasteiger partial charge on any atom is -0.207 e. The zero-order valence-electron chi connectivity index (χ0n) is 6.05. The van der Waals surface area contributed by atoms with Crippen LogP contribution in [0.2, 0.25) is 0 Å². The second kappa shape index (κ2) is 3.11. The first-order valence-corrected chi connectivity index (χ1v) is 5.30. The summed E-state index contributed by atoms with van der Waals surface area (Å²) in [7, 11) is 0. The van der Waals surface area contributed by atoms with E-state index in [4.69, 9.17) is 0 Å². The van der Waals surface area contributed by atoms with E-state index in [1.54, 1.807) is 6.07 Å². The van der Waals surface area contributed by atoms with Crippen LogP contribution in [0.3, 0.4) is 0 Å². The van der Waals surface area contributed by atoms with Crippen LogP contribution in [0.5, 0.6) is 0 Å². The fourth-order valence-electron chi connectivity index (χ4n) is 1.06. The lowest BCUT2D eigenvalue weighted by atomic mass is 10.2. The predicted octanol–water partition coefficient (Wildman–Crippen LogP) is 3.33. The molecule has 0 aliphatic carbocycles. The van der Waals surface area contributed by atoms with Gasteiger partial charge in [-0.15, -0.1) is 0 Å². The largest absolute Gasteiger partial charge is 0.207 e. The minimum atomic E-state index is -0.204. The lowest BCUT2D eigenvalue weighted by Gasteiger charge is -1.90. The van der Waals surface area contributed by atoms with Gasteiger partial charge in [-0.2, -0.15) is 4.37 Å². The molecule has 0 unspecified atom stereocenters. The van der Waals surface area contributed by atoms with E-state index in [0.717, 1.165) is 15.8 Å². The molecular formula is C8H5BrFNS. The van der Waals surface area contributed by atoms with Crippen molar-refractivity contribution in [2.75, 3.05) is 0 Å². The summed E-state index contributed by atoms with van der Waals surface area (Å²) in [5.74, 6) is -0.204. The van der Waals surface area contributed by atoms with Crippen LogP contribution in [0.25, 0.3) is 10.1 Å². The second-order valence-corrected chi connectivity index (χ2v) is 3.77. The molecule has 0 radical (unpaired) electrons. The van der Waals surface area contributed by atoms with E-state index in [9.17, 15) is 4.39 Å². The Balaban J connectivity index is 2.75. The van der Waals surface area contributed by atoms with Crippen LogP contribution in [0, 0.1) is 5.82 Å². The Bertz CT molecular complexity index is 412. The van der Waals surface area contributed by atoms with Crippen LogP contribution in [0.4, 0.5) is 4.39 Å². The van der Waals surface area contributed by atoms with Crippen molar-refractivity contribution in [1.29, 1.82) is 0 Å². The molecule has 1 aromatic carbocycles. The minimum absolute atomic E-state index is 0.204. The van der Waals surface area contributed by atoms with E-state index in [-0.39, 0.29) is 5.82 Å². The van der Waals surface area contributed by atoms with Crippen LogP contribution in [0.1, 0.15) is 5.69 Å². The molecule has 0 aliphatic heterocycles. The zero-order chi connectivity index (χ0) is 8.55. The summed E-state index contributed by atoms with van der Waals surface area (Å²) in [5.41, 5.74) is 0.912. The van der Waals surface area contributed by atoms with Gasteiger partial charge in [0.2, 0.25) is 0 Å². The van der Waals surface area contributed by atoms with E-state index in [1.807, 2.05) is 0 Å². The van der Waals surface area contributed by atoms with Gasteiger partial charge in [0.1, 0.15) is 5.82 Å². The highest BCUT2D eigenvalue weighted by atomic mass is 79.9. The first kappa shape index (κ1) is 8.13. The quantitative estimate of drug-likeness (QED) is 0.703. The number of hydrogen-bond donors (Lipinski definition) is 0. The normalized spacial score (nSPS) is 10.8. The maximum atomic E-state index is 12.8. The van der Waals surface area contributed by atoms with Crippen molar-refractivity contribution in [3.63, 3.8) is 0 Å². The monoisotopic (exact) mass is 245 g/mol. The summed E-state index contributed by atoms with van der Waals surface area (Å²) in [6.45, 7) is 0. The number of aromatic nitrogens is 1. The number of halogens is 2. The predicted molar refractivity (Wildman–Crippen MR) is 52.2 cm³/mol. The maximum absolute atomic E-state index is 12.8. The Morgan fingerprint density at radius 1 is 1.50 bits per heavy atom. The highest BCUT2D eigenvalue weighted by Crippen LogP contribution is 2.24. The van der Waals surface area contributed by atoms with Crippen molar-refractivity contribution in [3.8, 4) is 0 Å². The van der Waals surface area contributed by atoms with Crippen LogP contribution in [-0.4, -0.2) is 4.37 Å². The molecule has 2 aromatic rings. The summed E-state index contributed by atoms with van der Waals surface area (Å²) in [5, 5.41) is 1.59. The Labute approximate surface area is 81.5 Å². The number of hydrogen-bond acceptors (Lipinski definition) is 2. The van der Waals surface area contributed by atoms with Crippen molar-refractivity contribution in [2.24, 2.45) is 0 Å². The van der Waals surface area contributed by atoms with Gasteiger partial charge in [0.25, 0.3) is 0 Å². The van der Waals surface area contributed by atoms with Crippen LogP contribution in [0.15, 0.2) is 18.2 Å². The Hall–Kier alpha value is -0.480. The van der Waals surface area contributed by atoms with Crippen LogP contribution < -0.4 is 0 Å². The van der Waals surface area contributed by atoms with Gasteiger partial charge in [-0.25, -0.2) is 4.39 Å². The summed E-state index contributed by atoms with van der Waals surface area (Å²) in [6, 6.07) is 4.74. The number of nitrogens with zero attached hydrogens (tertiary/aromatic N) is 1. The number of benzene rings is 1. The molecule has 0 spiro atoms. The highest BCUT2D eigenvalue weighted by molar-refractivity contribution is 9.08. The van der Waals surface area contributed by atoms with Gasteiger partial charge < -0.3 is 0 Å². The Morgan fingerprint density at radius 2 is 2.33 bits per heavy atom. The molecule has 0 amide bonds. The van der Waals surface area contributed by atoms with E-state index in [2.05, 4.69) is 20.3 Å². The number of rotatable bonds is 1. The van der Waals surface area contributed by atoms with Crippen LogP contribution in [-0.2, 0) is 5.33 Å². The molecule has 4 heteroatoms. The zero-order valence-corrected chi connectivity index (χ0v) is 8.45. The van der Waals surface area contributed by atoms with E-state index in [0.29, 0.717) is 5.33 Å². The molecule has 1 aromatic heterocycles. The fraction of sp³-hybridized carbons (Fsp3) is 0.125. The van der Waals surface area contributed by atoms with Crippen LogP contribution >= 0.6 is 27.5 Å². The Kier molecular flexibility index (Phi) is 2.11. The summed E-state index contributed by atoms with van der Waals surface area (Å²) >= 11 is 4.70. The van der Waals surface area contributed by atoms with E-state index < -0.39 is 0 Å². The van der Waals surface area contributed by atoms with Crippen molar-refractivity contribution < 1.29 is 4.39 Å². The fourth-order valence-corrected chi connectivity index (χ4v) is 2.43. The number of fused-ring (bicyclic) bond motifs is 1. The van der Waals surface area contributed by atoms with Gasteiger partial charge >= 0.3 is 0 Å². The molecule has 0 N–H and O–H groups in total. The van der Waals surface area contributed by atoms with Gasteiger partial charge in [-0.3, -0.25) is 0 Å². The molecule has 0 atom stereocenters. The molecular weight excluding hydrogens is 241 g/mol. The second-order valence-electron chi connectivity index (χ2n) is 2.40. The molecule has 62 valence electrons. The lowest BCUT2D eigenvalue weighted by Crippen LogP contribution is -1.77.